The fourth-order valence-corrected chi connectivity index (χ4v) is 3.83. The Morgan fingerprint density at radius 3 is 2.53 bits per heavy atom. The van der Waals surface area contributed by atoms with Crippen molar-refractivity contribution in [2.45, 2.75) is 65.8 Å². The van der Waals surface area contributed by atoms with Gasteiger partial charge in [0.2, 0.25) is 6.29 Å². The zero-order chi connectivity index (χ0) is 14.3. The Kier molecular flexibility index (Phi) is 4.10. The van der Waals surface area contributed by atoms with E-state index in [-0.39, 0.29) is 5.60 Å². The molecule has 3 fully saturated rings. The summed E-state index contributed by atoms with van der Waals surface area (Å²) in [5, 5.41) is 0. The molecule has 0 saturated heterocycles. The van der Waals surface area contributed by atoms with Gasteiger partial charge in [0, 0.05) is 6.61 Å². The molecule has 3 aliphatic carbocycles. The number of rotatable bonds is 6. The standard InChI is InChI=1S/C16H28O3/c1-7-17-14(11(2)3)18-19-16(6)9-8-12-10-13(16)15(12,4)5/h12-14H,2,7-10H2,1,3-6H3. The lowest BCUT2D eigenvalue weighted by molar-refractivity contribution is -0.441. The summed E-state index contributed by atoms with van der Waals surface area (Å²) >= 11 is 0. The highest BCUT2D eigenvalue weighted by atomic mass is 17.2. The van der Waals surface area contributed by atoms with Crippen LogP contribution in [0.1, 0.15) is 53.9 Å². The topological polar surface area (TPSA) is 27.7 Å². The lowest BCUT2D eigenvalue weighted by Gasteiger charge is -2.63. The van der Waals surface area contributed by atoms with Gasteiger partial charge in [0.1, 0.15) is 5.60 Å². The first-order valence-electron chi connectivity index (χ1n) is 7.42. The maximum atomic E-state index is 5.85. The van der Waals surface area contributed by atoms with Crippen molar-refractivity contribution in [3.8, 4) is 0 Å². The van der Waals surface area contributed by atoms with Gasteiger partial charge in [-0.2, -0.15) is 4.89 Å². The van der Waals surface area contributed by atoms with Crippen molar-refractivity contribution in [1.29, 1.82) is 0 Å². The van der Waals surface area contributed by atoms with Crippen LogP contribution >= 0.6 is 0 Å². The zero-order valence-electron chi connectivity index (χ0n) is 13.0. The maximum absolute atomic E-state index is 5.85. The highest BCUT2D eigenvalue weighted by molar-refractivity contribution is 5.09. The van der Waals surface area contributed by atoms with E-state index in [9.17, 15) is 0 Å². The summed E-state index contributed by atoms with van der Waals surface area (Å²) in [7, 11) is 0. The number of fused-ring (bicyclic) bond motifs is 2. The minimum absolute atomic E-state index is 0.191. The second-order valence-electron chi connectivity index (χ2n) is 6.97. The van der Waals surface area contributed by atoms with Crippen molar-refractivity contribution in [3.63, 3.8) is 0 Å². The summed E-state index contributed by atoms with van der Waals surface area (Å²) in [4.78, 5) is 11.4. The molecule has 110 valence electrons. The van der Waals surface area contributed by atoms with E-state index in [1.807, 2.05) is 13.8 Å². The Labute approximate surface area is 117 Å². The van der Waals surface area contributed by atoms with Crippen LogP contribution in [0.15, 0.2) is 12.2 Å². The lowest BCUT2D eigenvalue weighted by Crippen LogP contribution is -2.61. The first-order valence-corrected chi connectivity index (χ1v) is 7.42. The normalized spacial score (nSPS) is 37.5. The molecule has 3 saturated carbocycles. The van der Waals surface area contributed by atoms with Gasteiger partial charge in [-0.3, -0.25) is 0 Å². The molecule has 0 N–H and O–H groups in total. The smallest absolute Gasteiger partial charge is 0.212 e. The number of hydrogen-bond donors (Lipinski definition) is 0. The van der Waals surface area contributed by atoms with Crippen LogP contribution in [0.4, 0.5) is 0 Å². The molecule has 3 aliphatic rings. The van der Waals surface area contributed by atoms with Crippen molar-refractivity contribution in [3.05, 3.63) is 12.2 Å². The minimum Gasteiger partial charge on any atom is -0.347 e. The monoisotopic (exact) mass is 268 g/mol. The minimum atomic E-state index is -0.456. The predicted molar refractivity (Wildman–Crippen MR) is 75.4 cm³/mol. The second-order valence-corrected chi connectivity index (χ2v) is 6.97. The summed E-state index contributed by atoms with van der Waals surface area (Å²) in [5.74, 6) is 1.43. The van der Waals surface area contributed by atoms with Crippen molar-refractivity contribution in [2.24, 2.45) is 17.3 Å². The van der Waals surface area contributed by atoms with E-state index >= 15 is 0 Å². The van der Waals surface area contributed by atoms with E-state index in [0.717, 1.165) is 17.9 Å². The lowest BCUT2D eigenvalue weighted by atomic mass is 9.44. The zero-order valence-corrected chi connectivity index (χ0v) is 13.0. The predicted octanol–water partition coefficient (Wildman–Crippen LogP) is 4.09. The average Bonchev–Trinajstić information content (AvgIpc) is 2.33. The Balaban J connectivity index is 1.96. The quantitative estimate of drug-likeness (QED) is 0.314. The molecule has 0 radical (unpaired) electrons. The van der Waals surface area contributed by atoms with E-state index in [0.29, 0.717) is 17.9 Å². The molecule has 19 heavy (non-hydrogen) atoms. The first-order chi connectivity index (χ1) is 8.81. The molecule has 4 unspecified atom stereocenters. The van der Waals surface area contributed by atoms with Crippen LogP contribution < -0.4 is 0 Å². The third kappa shape index (κ3) is 2.61. The molecule has 3 heteroatoms. The molecule has 3 rings (SSSR count). The summed E-state index contributed by atoms with van der Waals surface area (Å²) in [6.45, 7) is 15.2. The summed E-state index contributed by atoms with van der Waals surface area (Å²) in [6.07, 6.45) is 3.11. The molecule has 0 aromatic carbocycles. The Morgan fingerprint density at radius 1 is 1.37 bits per heavy atom. The van der Waals surface area contributed by atoms with E-state index in [1.54, 1.807) is 0 Å². The maximum Gasteiger partial charge on any atom is 0.212 e. The summed E-state index contributed by atoms with van der Waals surface area (Å²) in [5.41, 5.74) is 1.02. The third-order valence-corrected chi connectivity index (χ3v) is 5.24. The molecule has 0 aromatic heterocycles. The SMILES string of the molecule is C=C(C)C(OCC)OOC1(C)CCC2CC1C2(C)C. The highest BCUT2D eigenvalue weighted by Crippen LogP contribution is 2.63. The van der Waals surface area contributed by atoms with E-state index in [2.05, 4.69) is 27.4 Å². The molecule has 0 heterocycles. The van der Waals surface area contributed by atoms with Crippen LogP contribution in [-0.2, 0) is 14.5 Å². The number of hydrogen-bond acceptors (Lipinski definition) is 3. The Hall–Kier alpha value is -0.380. The van der Waals surface area contributed by atoms with E-state index in [4.69, 9.17) is 14.5 Å². The Bertz CT molecular complexity index is 348. The molecule has 0 spiro atoms. The second kappa shape index (κ2) is 5.19. The van der Waals surface area contributed by atoms with Crippen molar-refractivity contribution in [1.82, 2.24) is 0 Å². The highest BCUT2D eigenvalue weighted by Gasteiger charge is 2.60. The fraction of sp³-hybridized carbons (Fsp3) is 0.875. The van der Waals surface area contributed by atoms with Gasteiger partial charge < -0.3 is 4.74 Å². The van der Waals surface area contributed by atoms with Crippen LogP contribution in [0.2, 0.25) is 0 Å². The summed E-state index contributed by atoms with van der Waals surface area (Å²) in [6, 6.07) is 0. The number of ether oxygens (including phenoxy) is 1. The van der Waals surface area contributed by atoms with Gasteiger partial charge in [-0.15, -0.1) is 0 Å². The average molecular weight is 268 g/mol. The molecule has 4 atom stereocenters. The Morgan fingerprint density at radius 2 is 2.05 bits per heavy atom. The first kappa shape index (κ1) is 15.0. The molecule has 0 aliphatic heterocycles. The fourth-order valence-electron chi connectivity index (χ4n) is 3.83. The van der Waals surface area contributed by atoms with Crippen LogP contribution in [0.3, 0.4) is 0 Å². The van der Waals surface area contributed by atoms with Crippen LogP contribution in [-0.4, -0.2) is 18.5 Å². The van der Waals surface area contributed by atoms with Crippen LogP contribution in [0.25, 0.3) is 0 Å². The molecule has 0 amide bonds. The van der Waals surface area contributed by atoms with Gasteiger partial charge in [-0.1, -0.05) is 20.4 Å². The van der Waals surface area contributed by atoms with Gasteiger partial charge in [-0.05, 0) is 62.9 Å². The molecule has 2 bridgehead atoms. The van der Waals surface area contributed by atoms with Crippen molar-refractivity contribution in [2.75, 3.05) is 6.61 Å². The largest absolute Gasteiger partial charge is 0.347 e. The van der Waals surface area contributed by atoms with Gasteiger partial charge in [0.05, 0.1) is 0 Å². The summed E-state index contributed by atoms with van der Waals surface area (Å²) < 4.78 is 5.49. The molecule has 0 aromatic rings. The molecular formula is C16H28O3. The van der Waals surface area contributed by atoms with Gasteiger partial charge in [0.15, 0.2) is 0 Å². The van der Waals surface area contributed by atoms with Gasteiger partial charge in [0.25, 0.3) is 0 Å². The van der Waals surface area contributed by atoms with E-state index < -0.39 is 6.29 Å². The van der Waals surface area contributed by atoms with Crippen molar-refractivity contribution >= 4 is 0 Å². The van der Waals surface area contributed by atoms with Gasteiger partial charge >= 0.3 is 0 Å². The van der Waals surface area contributed by atoms with Gasteiger partial charge in [-0.25, -0.2) is 4.89 Å². The van der Waals surface area contributed by atoms with E-state index in [1.165, 1.54) is 12.8 Å². The van der Waals surface area contributed by atoms with Crippen LogP contribution in [0, 0.1) is 17.3 Å². The van der Waals surface area contributed by atoms with Crippen LogP contribution in [0.5, 0.6) is 0 Å². The molecule has 3 nitrogen and oxygen atoms in total. The molecular weight excluding hydrogens is 240 g/mol. The van der Waals surface area contributed by atoms with Crippen molar-refractivity contribution < 1.29 is 14.5 Å². The third-order valence-electron chi connectivity index (χ3n) is 5.24.